The molecule has 0 saturated carbocycles. The second-order valence-electron chi connectivity index (χ2n) is 6.78. The molecule has 0 aromatic heterocycles. The van der Waals surface area contributed by atoms with Crippen molar-refractivity contribution in [3.05, 3.63) is 29.8 Å². The average molecular weight is 413 g/mol. The topological polar surface area (TPSA) is 83.0 Å². The minimum atomic E-state index is -3.45. The third-order valence-corrected chi connectivity index (χ3v) is 6.35. The molecule has 7 nitrogen and oxygen atoms in total. The molecule has 0 aliphatic heterocycles. The lowest BCUT2D eigenvalue weighted by Crippen LogP contribution is -2.37. The van der Waals surface area contributed by atoms with Gasteiger partial charge in [-0.05, 0) is 58.2 Å². The van der Waals surface area contributed by atoms with Crippen molar-refractivity contribution in [1.82, 2.24) is 14.9 Å². The van der Waals surface area contributed by atoms with E-state index in [1.54, 1.807) is 19.2 Å². The molecule has 0 aliphatic rings. The third kappa shape index (κ3) is 8.16. The fraction of sp³-hybridized carbons (Fsp3) is 0.650. The number of rotatable bonds is 12. The summed E-state index contributed by atoms with van der Waals surface area (Å²) >= 11 is 0. The predicted octanol–water partition coefficient (Wildman–Crippen LogP) is 2.59. The van der Waals surface area contributed by atoms with Gasteiger partial charge in [0.2, 0.25) is 10.0 Å². The van der Waals surface area contributed by atoms with Crippen LogP contribution in [0.5, 0.6) is 0 Å². The van der Waals surface area contributed by atoms with Crippen LogP contribution in [0.4, 0.5) is 0 Å². The molecule has 0 unspecified atom stereocenters. The fourth-order valence-corrected chi connectivity index (χ4v) is 3.77. The Bertz CT molecular complexity index is 688. The van der Waals surface area contributed by atoms with E-state index in [0.29, 0.717) is 11.4 Å². The lowest BCUT2D eigenvalue weighted by Gasteiger charge is -2.21. The second kappa shape index (κ2) is 12.7. The standard InChI is InChI=1S/C20H36N4O3S/c1-6-21-20(22-14-8-9-15-27-7-2)23-16-18-10-12-19(13-11-18)28(25,26)24(5)17(3)4/h10-13,17H,6-9,14-16H2,1-5H3,(H2,21,22,23). The van der Waals surface area contributed by atoms with Crippen LogP contribution in [0.1, 0.15) is 46.1 Å². The molecule has 0 heterocycles. The van der Waals surface area contributed by atoms with E-state index in [2.05, 4.69) is 15.6 Å². The molecular formula is C20H36N4O3S. The number of nitrogens with zero attached hydrogens (tertiary/aromatic N) is 2. The second-order valence-corrected chi connectivity index (χ2v) is 8.78. The summed E-state index contributed by atoms with van der Waals surface area (Å²) in [7, 11) is -1.86. The molecule has 1 aromatic carbocycles. The first-order valence-electron chi connectivity index (χ1n) is 9.99. The molecule has 0 bridgehead atoms. The van der Waals surface area contributed by atoms with E-state index in [1.807, 2.05) is 39.8 Å². The van der Waals surface area contributed by atoms with Crippen LogP contribution >= 0.6 is 0 Å². The molecule has 0 fully saturated rings. The van der Waals surface area contributed by atoms with Crippen LogP contribution in [0.2, 0.25) is 0 Å². The molecule has 0 amide bonds. The summed E-state index contributed by atoms with van der Waals surface area (Å²) in [5, 5.41) is 6.53. The Labute approximate surface area is 170 Å². The van der Waals surface area contributed by atoms with Gasteiger partial charge in [0.25, 0.3) is 0 Å². The number of nitrogens with one attached hydrogen (secondary N) is 2. The van der Waals surface area contributed by atoms with E-state index in [9.17, 15) is 8.42 Å². The predicted molar refractivity (Wildman–Crippen MR) is 115 cm³/mol. The average Bonchev–Trinajstić information content (AvgIpc) is 2.68. The first kappa shape index (κ1) is 24.4. The number of aliphatic imine (C=N–C) groups is 1. The van der Waals surface area contributed by atoms with Gasteiger partial charge >= 0.3 is 0 Å². The van der Waals surface area contributed by atoms with Gasteiger partial charge in [-0.15, -0.1) is 0 Å². The normalized spacial score (nSPS) is 12.6. The van der Waals surface area contributed by atoms with E-state index in [-0.39, 0.29) is 6.04 Å². The van der Waals surface area contributed by atoms with Crippen LogP contribution < -0.4 is 10.6 Å². The first-order valence-corrected chi connectivity index (χ1v) is 11.4. The SMILES string of the molecule is CCNC(=NCc1ccc(S(=O)(=O)N(C)C(C)C)cc1)NCCCCOCC. The van der Waals surface area contributed by atoms with Gasteiger partial charge in [0.05, 0.1) is 11.4 Å². The number of ether oxygens (including phenoxy) is 1. The zero-order chi connectivity index (χ0) is 21.0. The van der Waals surface area contributed by atoms with E-state index < -0.39 is 10.0 Å². The monoisotopic (exact) mass is 412 g/mol. The zero-order valence-corrected chi connectivity index (χ0v) is 18.7. The summed E-state index contributed by atoms with van der Waals surface area (Å²) in [6.07, 6.45) is 2.03. The van der Waals surface area contributed by atoms with Crippen LogP contribution in [0.25, 0.3) is 0 Å². The minimum Gasteiger partial charge on any atom is -0.382 e. The van der Waals surface area contributed by atoms with E-state index >= 15 is 0 Å². The molecule has 0 saturated heterocycles. The number of sulfonamides is 1. The first-order chi connectivity index (χ1) is 13.3. The Morgan fingerprint density at radius 2 is 1.82 bits per heavy atom. The molecule has 1 aromatic rings. The Kier molecular flexibility index (Phi) is 11.1. The van der Waals surface area contributed by atoms with Gasteiger partial charge in [-0.1, -0.05) is 12.1 Å². The minimum absolute atomic E-state index is 0.0865. The van der Waals surface area contributed by atoms with Gasteiger partial charge < -0.3 is 15.4 Å². The Morgan fingerprint density at radius 3 is 2.39 bits per heavy atom. The molecule has 28 heavy (non-hydrogen) atoms. The van der Waals surface area contributed by atoms with Crippen molar-refractivity contribution in [2.75, 3.05) is 33.4 Å². The highest BCUT2D eigenvalue weighted by atomic mass is 32.2. The fourth-order valence-electron chi connectivity index (χ4n) is 2.40. The van der Waals surface area contributed by atoms with Crippen LogP contribution in [0.15, 0.2) is 34.2 Å². The molecule has 0 radical (unpaired) electrons. The smallest absolute Gasteiger partial charge is 0.243 e. The number of hydrogen-bond donors (Lipinski definition) is 2. The molecule has 8 heteroatoms. The van der Waals surface area contributed by atoms with Gasteiger partial charge in [0.15, 0.2) is 5.96 Å². The molecular weight excluding hydrogens is 376 g/mol. The Balaban J connectivity index is 2.65. The van der Waals surface area contributed by atoms with Crippen molar-refractivity contribution in [2.45, 2.75) is 58.0 Å². The van der Waals surface area contributed by atoms with Crippen LogP contribution in [0, 0.1) is 0 Å². The highest BCUT2D eigenvalue weighted by Crippen LogP contribution is 2.17. The third-order valence-electron chi connectivity index (χ3n) is 4.30. The number of hydrogen-bond acceptors (Lipinski definition) is 4. The lowest BCUT2D eigenvalue weighted by atomic mass is 10.2. The van der Waals surface area contributed by atoms with Gasteiger partial charge in [-0.3, -0.25) is 0 Å². The van der Waals surface area contributed by atoms with Crippen LogP contribution in [0.3, 0.4) is 0 Å². The van der Waals surface area contributed by atoms with Gasteiger partial charge in [-0.25, -0.2) is 13.4 Å². The molecule has 0 aliphatic carbocycles. The summed E-state index contributed by atoms with van der Waals surface area (Å²) in [6.45, 7) is 11.4. The van der Waals surface area contributed by atoms with Crippen molar-refractivity contribution < 1.29 is 13.2 Å². The van der Waals surface area contributed by atoms with Crippen LogP contribution in [-0.4, -0.2) is 58.1 Å². The van der Waals surface area contributed by atoms with Crippen molar-refractivity contribution in [2.24, 2.45) is 4.99 Å². The Morgan fingerprint density at radius 1 is 1.14 bits per heavy atom. The van der Waals surface area contributed by atoms with Gasteiger partial charge in [0, 0.05) is 39.4 Å². The zero-order valence-electron chi connectivity index (χ0n) is 17.9. The van der Waals surface area contributed by atoms with E-state index in [0.717, 1.165) is 50.7 Å². The van der Waals surface area contributed by atoms with Crippen LogP contribution in [-0.2, 0) is 21.3 Å². The highest BCUT2D eigenvalue weighted by Gasteiger charge is 2.22. The number of unbranched alkanes of at least 4 members (excludes halogenated alkanes) is 1. The summed E-state index contributed by atoms with van der Waals surface area (Å²) in [4.78, 5) is 4.88. The largest absolute Gasteiger partial charge is 0.382 e. The maximum absolute atomic E-state index is 12.5. The van der Waals surface area contributed by atoms with Gasteiger partial charge in [0.1, 0.15) is 0 Å². The lowest BCUT2D eigenvalue weighted by molar-refractivity contribution is 0.143. The Hall–Kier alpha value is -1.64. The van der Waals surface area contributed by atoms with Crippen molar-refractivity contribution in [1.29, 1.82) is 0 Å². The maximum Gasteiger partial charge on any atom is 0.243 e. The molecule has 0 spiro atoms. The van der Waals surface area contributed by atoms with Crippen molar-refractivity contribution in [3.8, 4) is 0 Å². The number of benzene rings is 1. The summed E-state index contributed by atoms with van der Waals surface area (Å²) in [6, 6.07) is 6.84. The van der Waals surface area contributed by atoms with Gasteiger partial charge in [-0.2, -0.15) is 4.31 Å². The highest BCUT2D eigenvalue weighted by molar-refractivity contribution is 7.89. The summed E-state index contributed by atoms with van der Waals surface area (Å²) in [5.41, 5.74) is 0.958. The van der Waals surface area contributed by atoms with E-state index in [1.165, 1.54) is 4.31 Å². The molecule has 2 N–H and O–H groups in total. The molecule has 0 atom stereocenters. The summed E-state index contributed by atoms with van der Waals surface area (Å²) in [5.74, 6) is 0.759. The molecule has 1 rings (SSSR count). The summed E-state index contributed by atoms with van der Waals surface area (Å²) < 4.78 is 31.7. The number of guanidine groups is 1. The van der Waals surface area contributed by atoms with E-state index in [4.69, 9.17) is 4.74 Å². The molecule has 160 valence electrons. The van der Waals surface area contributed by atoms with Crippen molar-refractivity contribution in [3.63, 3.8) is 0 Å². The van der Waals surface area contributed by atoms with Crippen molar-refractivity contribution >= 4 is 16.0 Å². The maximum atomic E-state index is 12.5. The quantitative estimate of drug-likeness (QED) is 0.313.